The molecule has 0 spiro atoms. The van der Waals surface area contributed by atoms with Crippen molar-refractivity contribution in [2.24, 2.45) is 0 Å². The SMILES string of the molecule is COc1ccccc1OC[C@@H](O)CF. The topological polar surface area (TPSA) is 38.7 Å². The lowest BCUT2D eigenvalue weighted by atomic mass is 10.3. The Labute approximate surface area is 82.1 Å². The Kier molecular flexibility index (Phi) is 4.19. The predicted molar refractivity (Wildman–Crippen MR) is 50.5 cm³/mol. The summed E-state index contributed by atoms with van der Waals surface area (Å²) in [5.41, 5.74) is 0. The van der Waals surface area contributed by atoms with Gasteiger partial charge in [-0.25, -0.2) is 4.39 Å². The van der Waals surface area contributed by atoms with Gasteiger partial charge in [0.1, 0.15) is 19.4 Å². The van der Waals surface area contributed by atoms with E-state index < -0.39 is 12.8 Å². The molecular weight excluding hydrogens is 187 g/mol. The van der Waals surface area contributed by atoms with Crippen LogP contribution in [-0.2, 0) is 0 Å². The minimum atomic E-state index is -1.08. The second-order valence-electron chi connectivity index (χ2n) is 2.77. The van der Waals surface area contributed by atoms with Crippen LogP contribution in [0.4, 0.5) is 4.39 Å². The Morgan fingerprint density at radius 1 is 1.36 bits per heavy atom. The summed E-state index contributed by atoms with van der Waals surface area (Å²) in [5.74, 6) is 1.07. The van der Waals surface area contributed by atoms with Crippen molar-refractivity contribution in [3.63, 3.8) is 0 Å². The summed E-state index contributed by atoms with van der Waals surface area (Å²) in [6, 6.07) is 7.01. The Balaban J connectivity index is 2.57. The van der Waals surface area contributed by atoms with Gasteiger partial charge in [-0.15, -0.1) is 0 Å². The molecule has 0 unspecified atom stereocenters. The molecule has 78 valence electrons. The number of aliphatic hydroxyl groups excluding tert-OH is 1. The number of benzene rings is 1. The van der Waals surface area contributed by atoms with Crippen molar-refractivity contribution in [3.05, 3.63) is 24.3 Å². The Bertz CT molecular complexity index is 278. The molecule has 1 N–H and O–H groups in total. The van der Waals surface area contributed by atoms with Crippen molar-refractivity contribution in [1.29, 1.82) is 0 Å². The van der Waals surface area contributed by atoms with Crippen molar-refractivity contribution in [1.82, 2.24) is 0 Å². The molecular formula is C10H13FO3. The molecule has 0 aromatic heterocycles. The molecule has 0 fully saturated rings. The first kappa shape index (κ1) is 10.8. The Morgan fingerprint density at radius 3 is 2.57 bits per heavy atom. The van der Waals surface area contributed by atoms with Gasteiger partial charge >= 0.3 is 0 Å². The monoisotopic (exact) mass is 200 g/mol. The predicted octanol–water partition coefficient (Wildman–Crippen LogP) is 1.40. The highest BCUT2D eigenvalue weighted by molar-refractivity contribution is 5.39. The van der Waals surface area contributed by atoms with Crippen LogP contribution in [-0.4, -0.2) is 31.6 Å². The summed E-state index contributed by atoms with van der Waals surface area (Å²) >= 11 is 0. The summed E-state index contributed by atoms with van der Waals surface area (Å²) in [7, 11) is 1.52. The molecule has 1 atom stereocenters. The normalized spacial score (nSPS) is 12.2. The fraction of sp³-hybridized carbons (Fsp3) is 0.400. The van der Waals surface area contributed by atoms with Crippen LogP contribution in [0.3, 0.4) is 0 Å². The van der Waals surface area contributed by atoms with Crippen molar-refractivity contribution in [2.45, 2.75) is 6.10 Å². The van der Waals surface area contributed by atoms with E-state index in [1.165, 1.54) is 7.11 Å². The third-order valence-electron chi connectivity index (χ3n) is 1.68. The summed E-state index contributed by atoms with van der Waals surface area (Å²) in [6.07, 6.45) is -1.08. The number of hydrogen-bond acceptors (Lipinski definition) is 3. The van der Waals surface area contributed by atoms with Crippen molar-refractivity contribution < 1.29 is 19.0 Å². The minimum Gasteiger partial charge on any atom is -0.493 e. The third kappa shape index (κ3) is 2.88. The van der Waals surface area contributed by atoms with E-state index in [9.17, 15) is 4.39 Å². The van der Waals surface area contributed by atoms with E-state index in [-0.39, 0.29) is 6.61 Å². The Morgan fingerprint density at radius 2 is 2.00 bits per heavy atom. The van der Waals surface area contributed by atoms with Crippen molar-refractivity contribution in [3.8, 4) is 11.5 Å². The zero-order chi connectivity index (χ0) is 10.4. The largest absolute Gasteiger partial charge is 0.493 e. The van der Waals surface area contributed by atoms with E-state index in [1.807, 2.05) is 0 Å². The van der Waals surface area contributed by atoms with E-state index >= 15 is 0 Å². The highest BCUT2D eigenvalue weighted by Crippen LogP contribution is 2.25. The van der Waals surface area contributed by atoms with E-state index in [2.05, 4.69) is 0 Å². The molecule has 1 aromatic rings. The lowest BCUT2D eigenvalue weighted by Gasteiger charge is -2.11. The van der Waals surface area contributed by atoms with Crippen LogP contribution in [0.2, 0.25) is 0 Å². The zero-order valence-electron chi connectivity index (χ0n) is 7.94. The van der Waals surface area contributed by atoms with Crippen LogP contribution in [0.5, 0.6) is 11.5 Å². The number of rotatable bonds is 5. The second-order valence-corrected chi connectivity index (χ2v) is 2.77. The van der Waals surface area contributed by atoms with E-state index in [0.717, 1.165) is 0 Å². The average molecular weight is 200 g/mol. The van der Waals surface area contributed by atoms with Gasteiger partial charge in [0.2, 0.25) is 0 Å². The van der Waals surface area contributed by atoms with E-state index in [1.54, 1.807) is 24.3 Å². The number of hydrogen-bond donors (Lipinski definition) is 1. The highest BCUT2D eigenvalue weighted by Gasteiger charge is 2.06. The number of para-hydroxylation sites is 2. The van der Waals surface area contributed by atoms with Crippen LogP contribution in [0.15, 0.2) is 24.3 Å². The van der Waals surface area contributed by atoms with Crippen LogP contribution in [0, 0.1) is 0 Å². The molecule has 0 heterocycles. The number of ether oxygens (including phenoxy) is 2. The second kappa shape index (κ2) is 5.44. The highest BCUT2D eigenvalue weighted by atomic mass is 19.1. The fourth-order valence-corrected chi connectivity index (χ4v) is 0.969. The van der Waals surface area contributed by atoms with Gasteiger partial charge < -0.3 is 14.6 Å². The fourth-order valence-electron chi connectivity index (χ4n) is 0.969. The van der Waals surface area contributed by atoms with Crippen LogP contribution in [0.1, 0.15) is 0 Å². The maximum atomic E-state index is 11.9. The molecule has 0 bridgehead atoms. The summed E-state index contributed by atoms with van der Waals surface area (Å²) in [4.78, 5) is 0. The molecule has 0 aliphatic carbocycles. The maximum Gasteiger partial charge on any atom is 0.161 e. The smallest absolute Gasteiger partial charge is 0.161 e. The average Bonchev–Trinajstić information content (AvgIpc) is 2.26. The van der Waals surface area contributed by atoms with Crippen LogP contribution in [0.25, 0.3) is 0 Å². The van der Waals surface area contributed by atoms with Crippen LogP contribution < -0.4 is 9.47 Å². The number of halogens is 1. The third-order valence-corrected chi connectivity index (χ3v) is 1.68. The van der Waals surface area contributed by atoms with Gasteiger partial charge in [-0.05, 0) is 12.1 Å². The first-order chi connectivity index (χ1) is 6.77. The molecule has 0 radical (unpaired) electrons. The minimum absolute atomic E-state index is 0.0725. The molecule has 1 aromatic carbocycles. The van der Waals surface area contributed by atoms with Gasteiger partial charge in [0, 0.05) is 0 Å². The van der Waals surface area contributed by atoms with E-state index in [0.29, 0.717) is 11.5 Å². The van der Waals surface area contributed by atoms with Crippen molar-refractivity contribution in [2.75, 3.05) is 20.4 Å². The molecule has 4 heteroatoms. The molecule has 0 aliphatic rings. The number of aliphatic hydroxyl groups is 1. The zero-order valence-corrected chi connectivity index (χ0v) is 7.94. The first-order valence-electron chi connectivity index (χ1n) is 4.27. The van der Waals surface area contributed by atoms with Gasteiger partial charge in [0.25, 0.3) is 0 Å². The lowest BCUT2D eigenvalue weighted by Crippen LogP contribution is -2.19. The molecule has 0 saturated carbocycles. The quantitative estimate of drug-likeness (QED) is 0.780. The summed E-state index contributed by atoms with van der Waals surface area (Å²) in [6.45, 7) is -0.883. The lowest BCUT2D eigenvalue weighted by molar-refractivity contribution is 0.0829. The molecule has 1 rings (SSSR count). The molecule has 3 nitrogen and oxygen atoms in total. The summed E-state index contributed by atoms with van der Waals surface area (Å²) < 4.78 is 22.1. The van der Waals surface area contributed by atoms with Gasteiger partial charge in [-0.3, -0.25) is 0 Å². The maximum absolute atomic E-state index is 11.9. The van der Waals surface area contributed by atoms with Gasteiger partial charge in [-0.1, -0.05) is 12.1 Å². The first-order valence-corrected chi connectivity index (χ1v) is 4.27. The Hall–Kier alpha value is -1.29. The molecule has 0 saturated heterocycles. The molecule has 0 amide bonds. The molecule has 0 aliphatic heterocycles. The van der Waals surface area contributed by atoms with Gasteiger partial charge in [0.15, 0.2) is 11.5 Å². The van der Waals surface area contributed by atoms with Gasteiger partial charge in [0.05, 0.1) is 7.11 Å². The summed E-state index contributed by atoms with van der Waals surface area (Å²) in [5, 5.41) is 8.94. The van der Waals surface area contributed by atoms with Crippen molar-refractivity contribution >= 4 is 0 Å². The molecule has 14 heavy (non-hydrogen) atoms. The van der Waals surface area contributed by atoms with E-state index in [4.69, 9.17) is 14.6 Å². The number of methoxy groups -OCH3 is 1. The van der Waals surface area contributed by atoms with Gasteiger partial charge in [-0.2, -0.15) is 0 Å². The standard InChI is InChI=1S/C10H13FO3/c1-13-9-4-2-3-5-10(9)14-7-8(12)6-11/h2-5,8,12H,6-7H2,1H3/t8-/m0/s1. The number of alkyl halides is 1. The van der Waals surface area contributed by atoms with Crippen LogP contribution >= 0.6 is 0 Å².